The van der Waals surface area contributed by atoms with Gasteiger partial charge in [-0.2, -0.15) is 0 Å². The largest absolute Gasteiger partial charge is 0.392 e. The standard InChI is InChI=1S/C55H80N4O4/c1-7-11-36-58(37-12-8-2)46-30-22-42(23-31-46)50-52(60)48(53(50)61)40-18-26-44(27-19-40)56(5)34-16-15-17-35-57(6)45-28-20-41(21-29-45)49-54(62)51(55(49)63)43-24-32-47(33-25-43)59(38-13-9-3)39-14-10-4/h18-33,48-55,60-63H,7-17,34-39H2,1-6H3. The Balaban J connectivity index is 0.908. The fourth-order valence-corrected chi connectivity index (χ4v) is 9.97. The molecule has 0 heterocycles. The van der Waals surface area contributed by atoms with E-state index < -0.39 is 24.4 Å². The summed E-state index contributed by atoms with van der Waals surface area (Å²) in [7, 11) is 4.26. The lowest BCUT2D eigenvalue weighted by molar-refractivity contribution is -0.0789. The first kappa shape index (κ1) is 48.4. The molecule has 0 aliphatic heterocycles. The van der Waals surface area contributed by atoms with E-state index in [4.69, 9.17) is 0 Å². The van der Waals surface area contributed by atoms with Gasteiger partial charge in [-0.3, -0.25) is 0 Å². The van der Waals surface area contributed by atoms with E-state index in [-0.39, 0.29) is 23.7 Å². The zero-order valence-electron chi connectivity index (χ0n) is 39.5. The van der Waals surface area contributed by atoms with Gasteiger partial charge in [-0.25, -0.2) is 0 Å². The van der Waals surface area contributed by atoms with Crippen molar-refractivity contribution in [1.29, 1.82) is 0 Å². The first-order valence-corrected chi connectivity index (χ1v) is 24.7. The maximum atomic E-state index is 11.3. The summed E-state index contributed by atoms with van der Waals surface area (Å²) in [6, 6.07) is 33.8. The molecule has 0 amide bonds. The molecule has 0 radical (unpaired) electrons. The average Bonchev–Trinajstić information content (AvgIpc) is 3.30. The van der Waals surface area contributed by atoms with Gasteiger partial charge >= 0.3 is 0 Å². The molecule has 4 unspecified atom stereocenters. The summed E-state index contributed by atoms with van der Waals surface area (Å²) in [6.07, 6.45) is 10.2. The minimum Gasteiger partial charge on any atom is -0.392 e. The molecule has 63 heavy (non-hydrogen) atoms. The highest BCUT2D eigenvalue weighted by molar-refractivity contribution is 5.53. The normalized spacial score (nSPS) is 22.9. The van der Waals surface area contributed by atoms with Crippen molar-refractivity contribution in [1.82, 2.24) is 0 Å². The van der Waals surface area contributed by atoms with Crippen molar-refractivity contribution in [2.24, 2.45) is 0 Å². The molecule has 2 fully saturated rings. The van der Waals surface area contributed by atoms with Crippen LogP contribution in [0.25, 0.3) is 0 Å². The molecule has 2 aliphatic rings. The number of aliphatic hydroxyl groups excluding tert-OH is 4. The molecule has 8 heteroatoms. The maximum absolute atomic E-state index is 11.3. The van der Waals surface area contributed by atoms with Crippen LogP contribution in [0.3, 0.4) is 0 Å². The van der Waals surface area contributed by atoms with Crippen LogP contribution in [-0.2, 0) is 0 Å². The van der Waals surface area contributed by atoms with Crippen LogP contribution in [0.2, 0.25) is 0 Å². The number of hydrogen-bond acceptors (Lipinski definition) is 8. The fraction of sp³-hybridized carbons (Fsp3) is 0.564. The molecule has 0 aromatic heterocycles. The van der Waals surface area contributed by atoms with Gasteiger partial charge in [0.1, 0.15) is 0 Å². The quantitative estimate of drug-likeness (QED) is 0.0464. The van der Waals surface area contributed by atoms with E-state index >= 15 is 0 Å². The van der Waals surface area contributed by atoms with E-state index in [2.05, 4.69) is 158 Å². The SMILES string of the molecule is CCCCN(CCCC)c1ccc(C2C(O)C(c3ccc(N(C)CCCCCN(C)c4ccc(C5C(O)C(c6ccc(N(CCCC)CCCC)cc6)C5O)cc4)cc3)C2O)cc1. The Labute approximate surface area is 380 Å². The van der Waals surface area contributed by atoms with Gasteiger partial charge < -0.3 is 40.0 Å². The number of nitrogens with zero attached hydrogens (tertiary/aromatic N) is 4. The predicted octanol–water partition coefficient (Wildman–Crippen LogP) is 10.4. The van der Waals surface area contributed by atoms with Gasteiger partial charge in [-0.15, -0.1) is 0 Å². The Morgan fingerprint density at radius 2 is 0.556 bits per heavy atom. The van der Waals surface area contributed by atoms with Crippen molar-refractivity contribution in [3.05, 3.63) is 119 Å². The number of hydrogen-bond donors (Lipinski definition) is 4. The second-order valence-electron chi connectivity index (χ2n) is 18.7. The smallest absolute Gasteiger partial charge is 0.0727 e. The summed E-state index contributed by atoms with van der Waals surface area (Å²) >= 11 is 0. The van der Waals surface area contributed by atoms with Crippen LogP contribution in [0.5, 0.6) is 0 Å². The van der Waals surface area contributed by atoms with Gasteiger partial charge in [-0.1, -0.05) is 102 Å². The topological polar surface area (TPSA) is 93.9 Å². The summed E-state index contributed by atoms with van der Waals surface area (Å²) in [5, 5.41) is 45.1. The van der Waals surface area contributed by atoms with Crippen LogP contribution in [0.1, 0.15) is 144 Å². The molecule has 2 aliphatic carbocycles. The zero-order chi connectivity index (χ0) is 44.9. The third kappa shape index (κ3) is 11.8. The van der Waals surface area contributed by atoms with Crippen LogP contribution < -0.4 is 19.6 Å². The Kier molecular flexibility index (Phi) is 18.2. The highest BCUT2D eigenvalue weighted by Gasteiger charge is 2.51. The van der Waals surface area contributed by atoms with Crippen molar-refractivity contribution in [2.45, 2.75) is 146 Å². The summed E-state index contributed by atoms with van der Waals surface area (Å²) in [4.78, 5) is 9.50. The van der Waals surface area contributed by atoms with Gasteiger partial charge in [0.15, 0.2) is 0 Å². The Hall–Kier alpha value is -4.08. The van der Waals surface area contributed by atoms with Gasteiger partial charge in [0.2, 0.25) is 0 Å². The number of aliphatic hydroxyl groups is 4. The van der Waals surface area contributed by atoms with E-state index in [1.54, 1.807) is 0 Å². The van der Waals surface area contributed by atoms with Crippen molar-refractivity contribution in [3.8, 4) is 0 Å². The van der Waals surface area contributed by atoms with Crippen molar-refractivity contribution in [3.63, 3.8) is 0 Å². The minimum atomic E-state index is -0.616. The zero-order valence-corrected chi connectivity index (χ0v) is 39.5. The lowest BCUT2D eigenvalue weighted by Crippen LogP contribution is -2.51. The molecule has 6 rings (SSSR count). The third-order valence-electron chi connectivity index (χ3n) is 14.3. The summed E-state index contributed by atoms with van der Waals surface area (Å²) in [5.41, 5.74) is 8.70. The summed E-state index contributed by atoms with van der Waals surface area (Å²) in [5.74, 6) is -1.12. The number of benzene rings is 4. The molecule has 0 spiro atoms. The summed E-state index contributed by atoms with van der Waals surface area (Å²) in [6.45, 7) is 15.1. The molecule has 2 saturated carbocycles. The molecule has 0 bridgehead atoms. The Morgan fingerprint density at radius 1 is 0.317 bits per heavy atom. The molecule has 4 N–H and O–H groups in total. The molecule has 4 atom stereocenters. The molecule has 344 valence electrons. The molecule has 8 nitrogen and oxygen atoms in total. The lowest BCUT2D eigenvalue weighted by Gasteiger charge is -2.47. The second kappa shape index (κ2) is 23.7. The van der Waals surface area contributed by atoms with E-state index in [0.29, 0.717) is 0 Å². The Bertz CT molecular complexity index is 1730. The maximum Gasteiger partial charge on any atom is 0.0727 e. The van der Waals surface area contributed by atoms with E-state index in [1.165, 1.54) is 62.7 Å². The van der Waals surface area contributed by atoms with Gasteiger partial charge in [-0.05, 0) is 116 Å². The van der Waals surface area contributed by atoms with E-state index in [0.717, 1.165) is 92.2 Å². The van der Waals surface area contributed by atoms with Crippen LogP contribution in [0, 0.1) is 0 Å². The van der Waals surface area contributed by atoms with Crippen molar-refractivity contribution < 1.29 is 20.4 Å². The minimum absolute atomic E-state index is 0.273. The Morgan fingerprint density at radius 3 is 0.794 bits per heavy atom. The molecule has 4 aromatic carbocycles. The van der Waals surface area contributed by atoms with Crippen molar-refractivity contribution >= 4 is 22.7 Å². The van der Waals surface area contributed by atoms with Gasteiger partial charge in [0.25, 0.3) is 0 Å². The van der Waals surface area contributed by atoms with Crippen LogP contribution in [0.4, 0.5) is 22.7 Å². The monoisotopic (exact) mass is 861 g/mol. The molecular weight excluding hydrogens is 781 g/mol. The third-order valence-corrected chi connectivity index (χ3v) is 14.3. The van der Waals surface area contributed by atoms with Gasteiger partial charge in [0, 0.05) is 99.8 Å². The second-order valence-corrected chi connectivity index (χ2v) is 18.7. The van der Waals surface area contributed by atoms with Crippen LogP contribution >= 0.6 is 0 Å². The van der Waals surface area contributed by atoms with E-state index in [9.17, 15) is 20.4 Å². The first-order chi connectivity index (χ1) is 30.6. The van der Waals surface area contributed by atoms with E-state index in [1.807, 2.05) is 0 Å². The fourth-order valence-electron chi connectivity index (χ4n) is 9.97. The highest BCUT2D eigenvalue weighted by Crippen LogP contribution is 2.50. The average molecular weight is 861 g/mol. The van der Waals surface area contributed by atoms with Crippen LogP contribution in [-0.4, -0.2) is 98.2 Å². The first-order valence-electron chi connectivity index (χ1n) is 24.7. The molecule has 0 saturated heterocycles. The van der Waals surface area contributed by atoms with Gasteiger partial charge in [0.05, 0.1) is 24.4 Å². The lowest BCUT2D eigenvalue weighted by atomic mass is 9.63. The summed E-state index contributed by atoms with van der Waals surface area (Å²) < 4.78 is 0. The molecule has 4 aromatic rings. The predicted molar refractivity (Wildman–Crippen MR) is 265 cm³/mol. The van der Waals surface area contributed by atoms with Crippen LogP contribution in [0.15, 0.2) is 97.1 Å². The number of unbranched alkanes of at least 4 members (excludes halogenated alkanes) is 6. The number of rotatable bonds is 26. The molecular formula is C55H80N4O4. The van der Waals surface area contributed by atoms with Crippen molar-refractivity contribution in [2.75, 3.05) is 73.0 Å². The number of anilines is 4. The highest BCUT2D eigenvalue weighted by atomic mass is 16.3.